The van der Waals surface area contributed by atoms with Gasteiger partial charge in [0, 0.05) is 35.4 Å². The minimum absolute atomic E-state index is 0.230. The van der Waals surface area contributed by atoms with Crippen LogP contribution in [-0.2, 0) is 15.4 Å². The van der Waals surface area contributed by atoms with E-state index >= 15 is 0 Å². The minimum atomic E-state index is -3.36. The molecular weight excluding hydrogens is 456 g/mol. The molecule has 0 aliphatic carbocycles. The zero-order valence-electron chi connectivity index (χ0n) is 19.6. The van der Waals surface area contributed by atoms with E-state index in [4.69, 9.17) is 0 Å². The van der Waals surface area contributed by atoms with Crippen LogP contribution in [0, 0.1) is 0 Å². The maximum Gasteiger partial charge on any atom is 0.229 e. The molecule has 1 aliphatic heterocycles. The summed E-state index contributed by atoms with van der Waals surface area (Å²) in [6, 6.07) is 10.8. The number of aliphatic hydroxyl groups excluding tert-OH is 2. The molecule has 2 heterocycles. The number of nitrogens with zero attached hydrogens (tertiary/aromatic N) is 3. The fourth-order valence-corrected chi connectivity index (χ4v) is 4.53. The van der Waals surface area contributed by atoms with E-state index in [0.717, 1.165) is 34.1 Å². The van der Waals surface area contributed by atoms with Crippen LogP contribution >= 0.6 is 0 Å². The van der Waals surface area contributed by atoms with Crippen molar-refractivity contribution >= 4 is 43.8 Å². The fourth-order valence-electron chi connectivity index (χ4n) is 3.96. The molecule has 0 saturated carbocycles. The Hall–Kier alpha value is -2.99. The van der Waals surface area contributed by atoms with Crippen LogP contribution in [0.1, 0.15) is 32.8 Å². The Labute approximate surface area is 199 Å². The fraction of sp³-hybridized carbons (Fsp3) is 0.391. The average molecular weight is 487 g/mol. The lowest BCUT2D eigenvalue weighted by molar-refractivity contribution is 0.0135. The van der Waals surface area contributed by atoms with Gasteiger partial charge < -0.3 is 20.4 Å². The Bertz CT molecular complexity index is 1290. The molecule has 0 bridgehead atoms. The topological polar surface area (TPSA) is 140 Å². The number of hydrogen-bond acceptors (Lipinski definition) is 9. The maximum absolute atomic E-state index is 11.5. The second-order valence-corrected chi connectivity index (χ2v) is 11.2. The van der Waals surface area contributed by atoms with Gasteiger partial charge in [0.05, 0.1) is 11.8 Å². The highest BCUT2D eigenvalue weighted by molar-refractivity contribution is 7.92. The molecular formula is C23H30N6O4S. The SMILES string of the molecule is CC(C)(C)c1cc(N2CCC(O)NC2O)cc2c(Nc3ccc(NS(C)(=O)=O)cc3)ncnc12. The zero-order chi connectivity index (χ0) is 24.7. The number of aliphatic hydroxyl groups is 2. The van der Waals surface area contributed by atoms with E-state index in [0.29, 0.717) is 24.5 Å². The molecule has 1 aliphatic rings. The van der Waals surface area contributed by atoms with E-state index in [-0.39, 0.29) is 5.41 Å². The molecule has 1 fully saturated rings. The van der Waals surface area contributed by atoms with Gasteiger partial charge in [0.1, 0.15) is 18.4 Å². The molecule has 2 aromatic carbocycles. The summed E-state index contributed by atoms with van der Waals surface area (Å²) in [5.41, 5.74) is 3.54. The first-order valence-electron chi connectivity index (χ1n) is 10.9. The summed E-state index contributed by atoms with van der Waals surface area (Å²) in [7, 11) is -3.36. The first kappa shape index (κ1) is 24.1. The first-order chi connectivity index (χ1) is 15.9. The summed E-state index contributed by atoms with van der Waals surface area (Å²) in [6.07, 6.45) is 1.31. The van der Waals surface area contributed by atoms with Crippen molar-refractivity contribution in [1.29, 1.82) is 0 Å². The Morgan fingerprint density at radius 3 is 2.38 bits per heavy atom. The van der Waals surface area contributed by atoms with Crippen LogP contribution in [0.5, 0.6) is 0 Å². The van der Waals surface area contributed by atoms with Gasteiger partial charge in [-0.05, 0) is 47.4 Å². The number of rotatable bonds is 5. The third-order valence-corrected chi connectivity index (χ3v) is 6.20. The van der Waals surface area contributed by atoms with E-state index in [2.05, 4.69) is 46.1 Å². The van der Waals surface area contributed by atoms with E-state index in [1.54, 1.807) is 29.2 Å². The summed E-state index contributed by atoms with van der Waals surface area (Å²) >= 11 is 0. The third-order valence-electron chi connectivity index (χ3n) is 5.59. The standard InChI is InChI=1S/C23H30N6O4S/c1-23(2,3)18-12-16(29-10-9-19(30)27-22(29)31)11-17-20(18)24-13-25-21(17)26-14-5-7-15(8-6-14)28-34(4,32)33/h5-8,11-13,19,22,27-28,30-31H,9-10H2,1-4H3,(H,24,25,26). The molecule has 34 heavy (non-hydrogen) atoms. The van der Waals surface area contributed by atoms with Gasteiger partial charge in [0.15, 0.2) is 6.35 Å². The van der Waals surface area contributed by atoms with E-state index in [1.807, 2.05) is 12.1 Å². The quantitative estimate of drug-likeness (QED) is 0.368. The lowest BCUT2D eigenvalue weighted by Crippen LogP contribution is -2.56. The van der Waals surface area contributed by atoms with E-state index in [1.165, 1.54) is 6.33 Å². The molecule has 11 heteroatoms. The molecule has 1 aromatic heterocycles. The number of nitrogens with one attached hydrogen (secondary N) is 3. The van der Waals surface area contributed by atoms with Crippen LogP contribution in [0.4, 0.5) is 22.9 Å². The smallest absolute Gasteiger partial charge is 0.229 e. The minimum Gasteiger partial charge on any atom is -0.378 e. The van der Waals surface area contributed by atoms with Crippen LogP contribution in [0.25, 0.3) is 10.9 Å². The zero-order valence-corrected chi connectivity index (χ0v) is 20.4. The van der Waals surface area contributed by atoms with Gasteiger partial charge >= 0.3 is 0 Å². The van der Waals surface area contributed by atoms with Crippen LogP contribution in [-0.4, -0.2) is 54.0 Å². The molecule has 2 atom stereocenters. The summed E-state index contributed by atoms with van der Waals surface area (Å²) in [5.74, 6) is 0.584. The first-order valence-corrected chi connectivity index (χ1v) is 12.8. The Morgan fingerprint density at radius 1 is 1.09 bits per heavy atom. The molecule has 0 spiro atoms. The second kappa shape index (κ2) is 8.99. The van der Waals surface area contributed by atoms with E-state index in [9.17, 15) is 18.6 Å². The van der Waals surface area contributed by atoms with Gasteiger partial charge in [-0.1, -0.05) is 20.8 Å². The number of sulfonamides is 1. The van der Waals surface area contributed by atoms with Crippen molar-refractivity contribution < 1.29 is 18.6 Å². The molecule has 0 amide bonds. The Kier molecular flexibility index (Phi) is 6.38. The van der Waals surface area contributed by atoms with Crippen molar-refractivity contribution in [3.8, 4) is 0 Å². The van der Waals surface area contributed by atoms with Crippen LogP contribution < -0.4 is 20.3 Å². The predicted molar refractivity (Wildman–Crippen MR) is 134 cm³/mol. The lowest BCUT2D eigenvalue weighted by atomic mass is 9.85. The monoisotopic (exact) mass is 486 g/mol. The van der Waals surface area contributed by atoms with Crippen LogP contribution in [0.15, 0.2) is 42.7 Å². The highest BCUT2D eigenvalue weighted by Crippen LogP contribution is 2.37. The number of aromatic nitrogens is 2. The summed E-state index contributed by atoms with van der Waals surface area (Å²) in [5, 5.41) is 27.2. The van der Waals surface area contributed by atoms with E-state index < -0.39 is 22.6 Å². The highest BCUT2D eigenvalue weighted by Gasteiger charge is 2.28. The predicted octanol–water partition coefficient (Wildman–Crippen LogP) is 2.44. The van der Waals surface area contributed by atoms with Crippen molar-refractivity contribution in [3.05, 3.63) is 48.3 Å². The number of anilines is 4. The molecule has 0 radical (unpaired) electrons. The van der Waals surface area contributed by atoms with Crippen LogP contribution in [0.2, 0.25) is 0 Å². The van der Waals surface area contributed by atoms with Gasteiger partial charge in [-0.3, -0.25) is 4.72 Å². The van der Waals surface area contributed by atoms with Crippen molar-refractivity contribution in [1.82, 2.24) is 15.3 Å². The molecule has 182 valence electrons. The molecule has 4 rings (SSSR count). The van der Waals surface area contributed by atoms with Gasteiger partial charge in [-0.2, -0.15) is 0 Å². The largest absolute Gasteiger partial charge is 0.378 e. The lowest BCUT2D eigenvalue weighted by Gasteiger charge is -2.38. The summed E-state index contributed by atoms with van der Waals surface area (Å²) in [6.45, 7) is 6.78. The molecule has 1 saturated heterocycles. The summed E-state index contributed by atoms with van der Waals surface area (Å²) < 4.78 is 25.4. The Morgan fingerprint density at radius 2 is 1.76 bits per heavy atom. The average Bonchev–Trinajstić information content (AvgIpc) is 2.73. The number of fused-ring (bicyclic) bond motifs is 1. The van der Waals surface area contributed by atoms with Gasteiger partial charge in [0.2, 0.25) is 10.0 Å². The Balaban J connectivity index is 1.76. The summed E-state index contributed by atoms with van der Waals surface area (Å²) in [4.78, 5) is 10.8. The van der Waals surface area contributed by atoms with Crippen molar-refractivity contribution in [2.45, 2.75) is 45.2 Å². The van der Waals surface area contributed by atoms with Crippen molar-refractivity contribution in [2.24, 2.45) is 0 Å². The second-order valence-electron chi connectivity index (χ2n) is 9.48. The van der Waals surface area contributed by atoms with Crippen LogP contribution in [0.3, 0.4) is 0 Å². The van der Waals surface area contributed by atoms with Crippen molar-refractivity contribution in [2.75, 3.05) is 27.7 Å². The van der Waals surface area contributed by atoms with Gasteiger partial charge in [-0.15, -0.1) is 0 Å². The number of hydrogen-bond donors (Lipinski definition) is 5. The molecule has 5 N–H and O–H groups in total. The highest BCUT2D eigenvalue weighted by atomic mass is 32.2. The molecule has 3 aromatic rings. The van der Waals surface area contributed by atoms with Gasteiger partial charge in [-0.25, -0.2) is 23.7 Å². The molecule has 10 nitrogen and oxygen atoms in total. The van der Waals surface area contributed by atoms with Crippen molar-refractivity contribution in [3.63, 3.8) is 0 Å². The number of benzene rings is 2. The molecule has 2 unspecified atom stereocenters. The maximum atomic E-state index is 11.5. The van der Waals surface area contributed by atoms with Gasteiger partial charge in [0.25, 0.3) is 0 Å². The normalized spacial score (nSPS) is 19.3. The third kappa shape index (κ3) is 5.39.